The molecule has 0 aromatic carbocycles. The summed E-state index contributed by atoms with van der Waals surface area (Å²) in [7, 11) is 0. The molecule has 0 radical (unpaired) electrons. The number of hydrogen-bond acceptors (Lipinski definition) is 9. The molecule has 0 spiro atoms. The minimum atomic E-state index is -1.41. The van der Waals surface area contributed by atoms with Gasteiger partial charge in [-0.1, -0.05) is 0 Å². The van der Waals surface area contributed by atoms with Crippen molar-refractivity contribution in [2.75, 3.05) is 12.3 Å². The Kier molecular flexibility index (Phi) is 4.45. The van der Waals surface area contributed by atoms with Crippen LogP contribution in [-0.4, -0.2) is 59.8 Å². The zero-order valence-electron chi connectivity index (χ0n) is 13.4. The van der Waals surface area contributed by atoms with Gasteiger partial charge in [-0.2, -0.15) is 0 Å². The molecule has 0 saturated carbocycles. The number of aliphatic hydroxyl groups excluding tert-OH is 3. The molecular weight excluding hydrogens is 426 g/mol. The monoisotopic (exact) mass is 441 g/mol. The molecule has 0 unspecified atom stereocenters. The van der Waals surface area contributed by atoms with Gasteiger partial charge in [0.15, 0.2) is 17.2 Å². The molecule has 0 amide bonds. The molecule has 0 bridgehead atoms. The number of halogens is 1. The molecule has 1 fully saturated rings. The second-order valence-electron chi connectivity index (χ2n) is 6.06. The minimum Gasteiger partial charge on any atom is -0.394 e. The Balaban J connectivity index is 1.91. The van der Waals surface area contributed by atoms with E-state index in [2.05, 4.69) is 30.9 Å². The molecular formula is C15H16BrN5O4S. The van der Waals surface area contributed by atoms with Crippen LogP contribution in [0.1, 0.15) is 5.56 Å². The van der Waals surface area contributed by atoms with Crippen LogP contribution in [0.5, 0.6) is 0 Å². The Morgan fingerprint density at radius 1 is 1.35 bits per heavy atom. The number of imidazole rings is 1. The summed E-state index contributed by atoms with van der Waals surface area (Å²) in [5.74, 6) is 0.201. The van der Waals surface area contributed by atoms with Crippen LogP contribution in [0.3, 0.4) is 0 Å². The van der Waals surface area contributed by atoms with Crippen LogP contribution in [0, 0.1) is 0 Å². The zero-order chi connectivity index (χ0) is 18.5. The lowest BCUT2D eigenvalue weighted by molar-refractivity contribution is -0.145. The van der Waals surface area contributed by atoms with Crippen LogP contribution in [-0.2, 0) is 16.9 Å². The van der Waals surface area contributed by atoms with E-state index in [1.54, 1.807) is 4.57 Å². The molecule has 11 heteroatoms. The largest absolute Gasteiger partial charge is 0.394 e. The number of ether oxygens (including phenoxy) is 1. The highest BCUT2D eigenvalue weighted by Gasteiger charge is 2.56. The van der Waals surface area contributed by atoms with Crippen molar-refractivity contribution in [2.24, 2.45) is 0 Å². The number of fused-ring (bicyclic) bond motifs is 1. The lowest BCUT2D eigenvalue weighted by Gasteiger charge is -2.33. The number of aromatic nitrogens is 4. The van der Waals surface area contributed by atoms with E-state index >= 15 is 0 Å². The summed E-state index contributed by atoms with van der Waals surface area (Å²) in [6, 6.07) is 1.90. The van der Waals surface area contributed by atoms with E-state index in [-0.39, 0.29) is 12.2 Å². The van der Waals surface area contributed by atoms with Crippen LogP contribution in [0.15, 0.2) is 27.9 Å². The van der Waals surface area contributed by atoms with Gasteiger partial charge < -0.3 is 25.8 Å². The van der Waals surface area contributed by atoms with E-state index < -0.39 is 30.6 Å². The molecule has 4 rings (SSSR count). The van der Waals surface area contributed by atoms with Gasteiger partial charge in [0.1, 0.15) is 30.2 Å². The molecule has 4 atom stereocenters. The van der Waals surface area contributed by atoms with Gasteiger partial charge in [-0.15, -0.1) is 11.3 Å². The van der Waals surface area contributed by atoms with Gasteiger partial charge in [0.2, 0.25) is 0 Å². The predicted octanol–water partition coefficient (Wildman–Crippen LogP) is 0.241. The molecule has 0 aliphatic carbocycles. The maximum absolute atomic E-state index is 10.9. The van der Waals surface area contributed by atoms with E-state index in [0.29, 0.717) is 11.2 Å². The number of hydrogen-bond donors (Lipinski definition) is 4. The van der Waals surface area contributed by atoms with E-state index in [1.165, 1.54) is 24.0 Å². The van der Waals surface area contributed by atoms with E-state index in [1.807, 2.05) is 11.4 Å². The maximum atomic E-state index is 10.9. The highest BCUT2D eigenvalue weighted by Crippen LogP contribution is 2.42. The quantitative estimate of drug-likeness (QED) is 0.451. The number of rotatable bonds is 4. The van der Waals surface area contributed by atoms with Crippen molar-refractivity contribution in [3.05, 3.63) is 33.5 Å². The fourth-order valence-electron chi connectivity index (χ4n) is 3.30. The highest BCUT2D eigenvalue weighted by atomic mass is 79.9. The summed E-state index contributed by atoms with van der Waals surface area (Å²) >= 11 is 4.98. The van der Waals surface area contributed by atoms with Gasteiger partial charge in [0.25, 0.3) is 0 Å². The molecule has 1 aliphatic heterocycles. The van der Waals surface area contributed by atoms with E-state index in [9.17, 15) is 15.3 Å². The summed E-state index contributed by atoms with van der Waals surface area (Å²) in [6.07, 6.45) is -0.564. The first-order valence-corrected chi connectivity index (χ1v) is 9.46. The summed E-state index contributed by atoms with van der Waals surface area (Å²) in [5.41, 5.74) is 6.07. The lowest BCUT2D eigenvalue weighted by Crippen LogP contribution is -2.47. The summed E-state index contributed by atoms with van der Waals surface area (Å²) in [5, 5.41) is 32.7. The number of aliphatic hydroxyl groups is 3. The molecule has 1 aliphatic rings. The van der Waals surface area contributed by atoms with Crippen LogP contribution >= 0.6 is 27.3 Å². The zero-order valence-corrected chi connectivity index (χ0v) is 15.8. The van der Waals surface area contributed by atoms with Crippen LogP contribution in [0.2, 0.25) is 0 Å². The number of anilines is 1. The second kappa shape index (κ2) is 6.51. The molecule has 9 nitrogen and oxygen atoms in total. The molecule has 138 valence electrons. The summed E-state index contributed by atoms with van der Waals surface area (Å²) in [4.78, 5) is 12.4. The number of thiophene rings is 1. The second-order valence-corrected chi connectivity index (χ2v) is 8.30. The van der Waals surface area contributed by atoms with Crippen molar-refractivity contribution in [1.82, 2.24) is 19.5 Å². The normalized spacial score (nSPS) is 28.8. The predicted molar refractivity (Wildman–Crippen MR) is 97.4 cm³/mol. The summed E-state index contributed by atoms with van der Waals surface area (Å²) in [6.45, 7) is -0.436. The SMILES string of the molecule is Nc1ncnc2c1ncn2[C@]1(Cc2ccsc2Br)O[C@H](CO)[C@@H](O)[C@H]1O. The van der Waals surface area contributed by atoms with Crippen molar-refractivity contribution >= 4 is 44.2 Å². The van der Waals surface area contributed by atoms with Crippen molar-refractivity contribution in [2.45, 2.75) is 30.5 Å². The van der Waals surface area contributed by atoms with Gasteiger partial charge in [0.05, 0.1) is 16.7 Å². The third kappa shape index (κ3) is 2.54. The topological polar surface area (TPSA) is 140 Å². The van der Waals surface area contributed by atoms with Crippen molar-refractivity contribution in [3.8, 4) is 0 Å². The third-order valence-electron chi connectivity index (χ3n) is 4.61. The Morgan fingerprint density at radius 3 is 2.81 bits per heavy atom. The Bertz CT molecular complexity index is 949. The molecule has 26 heavy (non-hydrogen) atoms. The molecule has 5 N–H and O–H groups in total. The van der Waals surface area contributed by atoms with Crippen LogP contribution in [0.4, 0.5) is 5.82 Å². The Labute approximate surface area is 160 Å². The average molecular weight is 442 g/mol. The first kappa shape index (κ1) is 17.8. The van der Waals surface area contributed by atoms with Gasteiger partial charge in [-0.05, 0) is 32.9 Å². The number of nitrogens with two attached hydrogens (primary N) is 1. The first-order chi connectivity index (χ1) is 12.5. The van der Waals surface area contributed by atoms with Crippen molar-refractivity contribution < 1.29 is 20.1 Å². The fraction of sp³-hybridized carbons (Fsp3) is 0.400. The highest BCUT2D eigenvalue weighted by molar-refractivity contribution is 9.11. The van der Waals surface area contributed by atoms with Gasteiger partial charge in [0, 0.05) is 6.42 Å². The van der Waals surface area contributed by atoms with Gasteiger partial charge in [-0.25, -0.2) is 15.0 Å². The smallest absolute Gasteiger partial charge is 0.180 e. The van der Waals surface area contributed by atoms with Crippen LogP contribution in [0.25, 0.3) is 11.2 Å². The van der Waals surface area contributed by atoms with Crippen molar-refractivity contribution in [3.63, 3.8) is 0 Å². The third-order valence-corrected chi connectivity index (χ3v) is 6.42. The fourth-order valence-corrected chi connectivity index (χ4v) is 4.54. The molecule has 3 aromatic rings. The lowest BCUT2D eigenvalue weighted by atomic mass is 9.96. The molecule has 1 saturated heterocycles. The molecule has 4 heterocycles. The maximum Gasteiger partial charge on any atom is 0.180 e. The van der Waals surface area contributed by atoms with Crippen LogP contribution < -0.4 is 5.73 Å². The van der Waals surface area contributed by atoms with Gasteiger partial charge >= 0.3 is 0 Å². The number of nitrogens with zero attached hydrogens (tertiary/aromatic N) is 4. The Morgan fingerprint density at radius 2 is 2.15 bits per heavy atom. The summed E-state index contributed by atoms with van der Waals surface area (Å²) < 4.78 is 8.43. The van der Waals surface area contributed by atoms with E-state index in [0.717, 1.165) is 9.35 Å². The van der Waals surface area contributed by atoms with Gasteiger partial charge in [-0.3, -0.25) is 4.57 Å². The Hall–Kier alpha value is -1.63. The molecule has 3 aromatic heterocycles. The van der Waals surface area contributed by atoms with Crippen molar-refractivity contribution in [1.29, 1.82) is 0 Å². The first-order valence-electron chi connectivity index (χ1n) is 7.78. The van der Waals surface area contributed by atoms with E-state index in [4.69, 9.17) is 10.5 Å². The minimum absolute atomic E-state index is 0.201. The number of nitrogen functional groups attached to an aromatic ring is 1. The standard InChI is InChI=1S/C15H16BrN5O4S/c16-12-7(1-2-26-12)3-15(11(24)10(23)8(4-22)25-15)21-6-20-9-13(17)18-5-19-14(9)21/h1-2,5-6,8,10-11,22-24H,3-4H2,(H2,17,18,19)/t8-,10-,11-,15-/m1/s1. The average Bonchev–Trinajstić information content (AvgIpc) is 3.30.